The van der Waals surface area contributed by atoms with E-state index in [1.807, 2.05) is 55.1 Å². The summed E-state index contributed by atoms with van der Waals surface area (Å²) in [6.07, 6.45) is 10.7. The standard InChI is InChI=1S/C26H26FN3O5S.C6H12.C2H6/c1-35-19-9-11-29(12-10-19)23-15-24-25(14-20(23)17-7-8-22(27)21(13-17)26(31)32)36(33,34)28-16-30(24)18-5-3-2-4-6-18;1-2-4-6-5-3-1;1-2/h2-8,13-15,19,28H,9-12,16H2,1H3,(H,31,32);1-6H2;1-2H3. The maximum atomic E-state index is 14.2. The van der Waals surface area contributed by atoms with Crippen LogP contribution in [0.2, 0.25) is 0 Å². The number of carbonyl (C=O) groups is 1. The lowest BCUT2D eigenvalue weighted by Crippen LogP contribution is -2.41. The SMILES string of the molecule is C1CCCCC1.CC.COC1CCN(c2cc3c(cc2-c2ccc(F)c(C(=O)O)c2)S(=O)(=O)NCN3c2ccccc2)CC1. The normalized spacial score (nSPS) is 17.8. The van der Waals surface area contributed by atoms with Gasteiger partial charge in [-0.1, -0.05) is 76.6 Å². The van der Waals surface area contributed by atoms with Crippen LogP contribution in [0.15, 0.2) is 65.6 Å². The minimum atomic E-state index is -3.83. The van der Waals surface area contributed by atoms with Gasteiger partial charge in [0, 0.05) is 37.1 Å². The van der Waals surface area contributed by atoms with Crippen LogP contribution in [0.3, 0.4) is 0 Å². The summed E-state index contributed by atoms with van der Waals surface area (Å²) in [5, 5.41) is 9.47. The van der Waals surface area contributed by atoms with Gasteiger partial charge in [0.25, 0.3) is 0 Å². The van der Waals surface area contributed by atoms with Gasteiger partial charge in [0.2, 0.25) is 10.0 Å². The molecular formula is C34H44FN3O5S. The molecule has 6 rings (SSSR count). The van der Waals surface area contributed by atoms with Gasteiger partial charge in [0.05, 0.1) is 24.0 Å². The van der Waals surface area contributed by atoms with Crippen LogP contribution in [0.25, 0.3) is 11.1 Å². The zero-order chi connectivity index (χ0) is 31.7. The van der Waals surface area contributed by atoms with Crippen molar-refractivity contribution in [2.75, 3.05) is 36.7 Å². The highest BCUT2D eigenvalue weighted by atomic mass is 32.2. The number of nitrogens with zero attached hydrogens (tertiary/aromatic N) is 2. The molecule has 3 aliphatic rings. The molecule has 2 fully saturated rings. The van der Waals surface area contributed by atoms with E-state index >= 15 is 0 Å². The highest BCUT2D eigenvalue weighted by Crippen LogP contribution is 2.43. The number of rotatable bonds is 5. The second kappa shape index (κ2) is 15.5. The molecule has 0 atom stereocenters. The summed E-state index contributed by atoms with van der Waals surface area (Å²) in [6, 6.07) is 16.7. The molecular weight excluding hydrogens is 581 g/mol. The van der Waals surface area contributed by atoms with E-state index in [2.05, 4.69) is 9.62 Å². The number of halogens is 1. The van der Waals surface area contributed by atoms with Crippen molar-refractivity contribution in [3.05, 3.63) is 72.0 Å². The van der Waals surface area contributed by atoms with E-state index in [-0.39, 0.29) is 17.7 Å². The Morgan fingerprint density at radius 2 is 1.52 bits per heavy atom. The third kappa shape index (κ3) is 7.78. The molecule has 1 aliphatic carbocycles. The number of fused-ring (bicyclic) bond motifs is 1. The summed E-state index contributed by atoms with van der Waals surface area (Å²) < 4.78 is 48.5. The van der Waals surface area contributed by atoms with Crippen LogP contribution in [0.1, 0.15) is 75.6 Å². The number of benzene rings is 3. The average Bonchev–Trinajstić information content (AvgIpc) is 3.07. The van der Waals surface area contributed by atoms with Crippen molar-refractivity contribution in [2.24, 2.45) is 0 Å². The summed E-state index contributed by atoms with van der Waals surface area (Å²) >= 11 is 0. The maximum absolute atomic E-state index is 14.2. The molecule has 0 spiro atoms. The first kappa shape index (κ1) is 33.4. The molecule has 2 N–H and O–H groups in total. The molecule has 1 saturated heterocycles. The van der Waals surface area contributed by atoms with Crippen molar-refractivity contribution >= 4 is 33.1 Å². The Bertz CT molecular complexity index is 1490. The molecule has 3 aromatic carbocycles. The van der Waals surface area contributed by atoms with Crippen molar-refractivity contribution in [1.29, 1.82) is 0 Å². The van der Waals surface area contributed by atoms with Crippen molar-refractivity contribution in [2.45, 2.75) is 76.2 Å². The lowest BCUT2D eigenvalue weighted by Gasteiger charge is -2.37. The number of piperidine rings is 1. The van der Waals surface area contributed by atoms with Gasteiger partial charge < -0.3 is 19.6 Å². The minimum absolute atomic E-state index is 0.0730. The van der Waals surface area contributed by atoms with Crippen LogP contribution in [0.4, 0.5) is 21.5 Å². The van der Waals surface area contributed by atoms with Crippen LogP contribution in [-0.4, -0.2) is 52.5 Å². The molecule has 1 saturated carbocycles. The zero-order valence-corrected chi connectivity index (χ0v) is 26.7. The van der Waals surface area contributed by atoms with Gasteiger partial charge in [0.1, 0.15) is 10.7 Å². The Morgan fingerprint density at radius 3 is 2.09 bits per heavy atom. The average molecular weight is 626 g/mol. The first-order chi connectivity index (χ1) is 21.3. The second-order valence-electron chi connectivity index (χ2n) is 10.9. The molecule has 0 aromatic heterocycles. The molecule has 2 aliphatic heterocycles. The molecule has 0 radical (unpaired) electrons. The third-order valence-corrected chi connectivity index (χ3v) is 9.68. The minimum Gasteiger partial charge on any atom is -0.478 e. The van der Waals surface area contributed by atoms with Crippen molar-refractivity contribution in [3.63, 3.8) is 0 Å². The van der Waals surface area contributed by atoms with E-state index < -0.39 is 27.4 Å². The van der Waals surface area contributed by atoms with E-state index in [9.17, 15) is 22.7 Å². The molecule has 238 valence electrons. The van der Waals surface area contributed by atoms with E-state index in [0.29, 0.717) is 29.9 Å². The summed E-state index contributed by atoms with van der Waals surface area (Å²) in [4.78, 5) is 15.7. The molecule has 0 amide bonds. The van der Waals surface area contributed by atoms with Gasteiger partial charge in [-0.15, -0.1) is 0 Å². The fourth-order valence-electron chi connectivity index (χ4n) is 5.88. The number of hydrogen-bond donors (Lipinski definition) is 2. The molecule has 44 heavy (non-hydrogen) atoms. The number of para-hydroxylation sites is 1. The third-order valence-electron chi connectivity index (χ3n) is 8.26. The van der Waals surface area contributed by atoms with Crippen LogP contribution in [0.5, 0.6) is 0 Å². The highest BCUT2D eigenvalue weighted by Gasteiger charge is 2.32. The summed E-state index contributed by atoms with van der Waals surface area (Å²) in [6.45, 7) is 5.42. The summed E-state index contributed by atoms with van der Waals surface area (Å²) in [5.74, 6) is -2.24. The first-order valence-corrected chi connectivity index (χ1v) is 17.1. The Labute approximate surface area is 260 Å². The Balaban J connectivity index is 0.000000487. The fraction of sp³-hybridized carbons (Fsp3) is 0.441. The van der Waals surface area contributed by atoms with Gasteiger partial charge in [-0.2, -0.15) is 4.72 Å². The van der Waals surface area contributed by atoms with Gasteiger partial charge >= 0.3 is 5.97 Å². The second-order valence-corrected chi connectivity index (χ2v) is 12.7. The first-order valence-electron chi connectivity index (χ1n) is 15.6. The van der Waals surface area contributed by atoms with Crippen LogP contribution in [0, 0.1) is 5.82 Å². The van der Waals surface area contributed by atoms with Crippen molar-refractivity contribution in [1.82, 2.24) is 4.72 Å². The van der Waals surface area contributed by atoms with E-state index in [1.165, 1.54) is 50.7 Å². The number of aromatic carboxylic acids is 1. The predicted molar refractivity (Wildman–Crippen MR) is 174 cm³/mol. The van der Waals surface area contributed by atoms with Gasteiger partial charge in [-0.05, 0) is 54.8 Å². The molecule has 3 aromatic rings. The molecule has 0 bridgehead atoms. The number of anilines is 3. The van der Waals surface area contributed by atoms with Gasteiger partial charge in [-0.25, -0.2) is 17.6 Å². The number of carboxylic acid groups (broad SMARTS) is 1. The highest BCUT2D eigenvalue weighted by molar-refractivity contribution is 7.89. The van der Waals surface area contributed by atoms with E-state index in [1.54, 1.807) is 13.2 Å². The van der Waals surface area contributed by atoms with Crippen LogP contribution in [-0.2, 0) is 14.8 Å². The largest absolute Gasteiger partial charge is 0.478 e. The number of nitrogens with one attached hydrogen (secondary N) is 1. The molecule has 8 nitrogen and oxygen atoms in total. The van der Waals surface area contributed by atoms with Crippen molar-refractivity contribution < 1.29 is 27.4 Å². The number of hydrogen-bond acceptors (Lipinski definition) is 6. The number of sulfonamides is 1. The summed E-state index contributed by atoms with van der Waals surface area (Å²) in [7, 11) is -2.14. The van der Waals surface area contributed by atoms with Crippen LogP contribution >= 0.6 is 0 Å². The molecule has 0 unspecified atom stereocenters. The smallest absolute Gasteiger partial charge is 0.338 e. The fourth-order valence-corrected chi connectivity index (χ4v) is 7.05. The Kier molecular flexibility index (Phi) is 11.8. The topological polar surface area (TPSA) is 99.2 Å². The zero-order valence-electron chi connectivity index (χ0n) is 25.9. The molecule has 2 heterocycles. The van der Waals surface area contributed by atoms with Crippen molar-refractivity contribution in [3.8, 4) is 11.1 Å². The number of ether oxygens (including phenoxy) is 1. The maximum Gasteiger partial charge on any atom is 0.338 e. The lowest BCUT2D eigenvalue weighted by atomic mass is 9.97. The van der Waals surface area contributed by atoms with Gasteiger partial charge in [-0.3, -0.25) is 0 Å². The number of methoxy groups -OCH3 is 1. The van der Waals surface area contributed by atoms with Gasteiger partial charge in [0.15, 0.2) is 0 Å². The number of carboxylic acids is 1. The molecule has 10 heteroatoms. The monoisotopic (exact) mass is 625 g/mol. The predicted octanol–water partition coefficient (Wildman–Crippen LogP) is 7.56. The Hall–Kier alpha value is -3.47. The van der Waals surface area contributed by atoms with E-state index in [4.69, 9.17) is 4.74 Å². The summed E-state index contributed by atoms with van der Waals surface area (Å²) in [5.41, 5.74) is 2.58. The van der Waals surface area contributed by atoms with Crippen LogP contribution < -0.4 is 14.5 Å². The van der Waals surface area contributed by atoms with E-state index in [0.717, 1.165) is 30.3 Å². The Morgan fingerprint density at radius 1 is 0.909 bits per heavy atom. The lowest BCUT2D eigenvalue weighted by molar-refractivity contribution is 0.0691. The quantitative estimate of drug-likeness (QED) is 0.302.